The first-order chi connectivity index (χ1) is 7.08. The third-order valence-corrected chi connectivity index (χ3v) is 4.00. The van der Waals surface area contributed by atoms with Gasteiger partial charge in [-0.15, -0.1) is 0 Å². The maximum absolute atomic E-state index is 11.7. The first-order valence-corrected chi connectivity index (χ1v) is 6.72. The van der Waals surface area contributed by atoms with Crippen molar-refractivity contribution in [2.24, 2.45) is 0 Å². The van der Waals surface area contributed by atoms with Gasteiger partial charge in [0.1, 0.15) is 0 Å². The summed E-state index contributed by atoms with van der Waals surface area (Å²) in [6.07, 6.45) is 0.0511. The molecule has 0 aliphatic carbocycles. The van der Waals surface area contributed by atoms with Crippen LogP contribution in [0.1, 0.15) is 0 Å². The topological polar surface area (TPSA) is 58.7 Å². The number of sulfonamides is 1. The second-order valence-electron chi connectivity index (χ2n) is 3.26. The van der Waals surface area contributed by atoms with Crippen LogP contribution in [0.15, 0.2) is 33.6 Å². The van der Waals surface area contributed by atoms with Gasteiger partial charge in [0.15, 0.2) is 0 Å². The minimum Gasteiger partial charge on any atom is -0.372 e. The Balaban J connectivity index is 2.09. The fraction of sp³-hybridized carbons (Fsp3) is 0.333. The van der Waals surface area contributed by atoms with Crippen LogP contribution in [0.3, 0.4) is 0 Å². The molecule has 0 aromatic heterocycles. The molecule has 1 fully saturated rings. The molecule has 4 nitrogen and oxygen atoms in total. The number of hydrogen-bond donors (Lipinski definition) is 1. The van der Waals surface area contributed by atoms with Crippen molar-refractivity contribution >= 4 is 26.0 Å². The van der Waals surface area contributed by atoms with E-state index < -0.39 is 10.0 Å². The van der Waals surface area contributed by atoms with E-state index in [0.717, 1.165) is 4.47 Å². The summed E-state index contributed by atoms with van der Waals surface area (Å²) in [5, 5.41) is 0. The molecule has 0 spiro atoms. The molecule has 1 atom stereocenters. The number of benzene rings is 1. The smallest absolute Gasteiger partial charge is 0.240 e. The van der Waals surface area contributed by atoms with Crippen LogP contribution in [-0.4, -0.2) is 27.7 Å². The highest BCUT2D eigenvalue weighted by Gasteiger charge is 2.25. The van der Waals surface area contributed by atoms with Crippen molar-refractivity contribution in [2.75, 3.05) is 13.2 Å². The van der Waals surface area contributed by atoms with E-state index in [1.54, 1.807) is 24.3 Å². The van der Waals surface area contributed by atoms with Crippen molar-refractivity contribution < 1.29 is 13.2 Å². The summed E-state index contributed by atoms with van der Waals surface area (Å²) in [6.45, 7) is 0.987. The molecule has 0 radical (unpaired) electrons. The number of halogens is 1. The molecule has 1 heterocycles. The zero-order valence-electron chi connectivity index (χ0n) is 7.81. The van der Waals surface area contributed by atoms with Crippen LogP contribution >= 0.6 is 15.9 Å². The molecule has 0 amide bonds. The summed E-state index contributed by atoms with van der Waals surface area (Å²) in [5.74, 6) is 0. The Morgan fingerprint density at radius 3 is 2.53 bits per heavy atom. The number of nitrogens with one attached hydrogen (secondary N) is 1. The zero-order valence-corrected chi connectivity index (χ0v) is 10.2. The number of hydrogen-bond acceptors (Lipinski definition) is 3. The minimum atomic E-state index is -3.38. The molecule has 15 heavy (non-hydrogen) atoms. The van der Waals surface area contributed by atoms with Crippen molar-refractivity contribution in [2.45, 2.75) is 11.0 Å². The van der Waals surface area contributed by atoms with E-state index in [2.05, 4.69) is 20.7 Å². The van der Waals surface area contributed by atoms with Crippen LogP contribution in [0.5, 0.6) is 0 Å². The average Bonchev–Trinajstić information content (AvgIpc) is 2.99. The molecule has 1 aromatic carbocycles. The molecule has 0 bridgehead atoms. The highest BCUT2D eigenvalue weighted by atomic mass is 79.9. The van der Waals surface area contributed by atoms with Crippen molar-refractivity contribution in [1.82, 2.24) is 4.72 Å². The van der Waals surface area contributed by atoms with E-state index in [4.69, 9.17) is 4.74 Å². The Labute approximate surface area is 96.8 Å². The molecule has 1 aliphatic heterocycles. The van der Waals surface area contributed by atoms with Crippen molar-refractivity contribution in [1.29, 1.82) is 0 Å². The van der Waals surface area contributed by atoms with Crippen LogP contribution in [0.4, 0.5) is 0 Å². The SMILES string of the molecule is O=S(=O)(NC[C@@H]1CO1)c1ccc(Br)cc1. The van der Waals surface area contributed by atoms with Gasteiger partial charge in [0, 0.05) is 11.0 Å². The lowest BCUT2D eigenvalue weighted by Gasteiger charge is -2.04. The second kappa shape index (κ2) is 4.21. The molecule has 0 saturated carbocycles. The second-order valence-corrected chi connectivity index (χ2v) is 5.94. The molecular formula is C9H10BrNO3S. The van der Waals surface area contributed by atoms with Crippen molar-refractivity contribution in [3.63, 3.8) is 0 Å². The summed E-state index contributed by atoms with van der Waals surface area (Å²) >= 11 is 3.25. The summed E-state index contributed by atoms with van der Waals surface area (Å²) in [6, 6.07) is 6.50. The van der Waals surface area contributed by atoms with Gasteiger partial charge in [-0.25, -0.2) is 13.1 Å². The zero-order chi connectivity index (χ0) is 10.9. The van der Waals surface area contributed by atoms with Gasteiger partial charge in [-0.2, -0.15) is 0 Å². The van der Waals surface area contributed by atoms with E-state index in [-0.39, 0.29) is 11.0 Å². The minimum absolute atomic E-state index is 0.0511. The predicted octanol–water partition coefficient (Wildman–Crippen LogP) is 1.13. The standard InChI is InChI=1S/C9H10BrNO3S/c10-7-1-3-9(4-2-7)15(12,13)11-5-8-6-14-8/h1-4,8,11H,5-6H2/t8-/m1/s1. The van der Waals surface area contributed by atoms with E-state index in [9.17, 15) is 8.42 Å². The van der Waals surface area contributed by atoms with Crippen LogP contribution in [0, 0.1) is 0 Å². The Kier molecular flexibility index (Phi) is 3.11. The quantitative estimate of drug-likeness (QED) is 0.846. The van der Waals surface area contributed by atoms with Gasteiger partial charge in [0.05, 0.1) is 17.6 Å². The molecule has 1 N–H and O–H groups in total. The number of rotatable bonds is 4. The van der Waals surface area contributed by atoms with E-state index >= 15 is 0 Å². The van der Waals surface area contributed by atoms with E-state index in [0.29, 0.717) is 13.2 Å². The van der Waals surface area contributed by atoms with Crippen LogP contribution in [0.25, 0.3) is 0 Å². The number of ether oxygens (including phenoxy) is 1. The van der Waals surface area contributed by atoms with Gasteiger partial charge in [-0.3, -0.25) is 0 Å². The first-order valence-electron chi connectivity index (χ1n) is 4.45. The Morgan fingerprint density at radius 2 is 2.00 bits per heavy atom. The van der Waals surface area contributed by atoms with Gasteiger partial charge in [-0.1, -0.05) is 15.9 Å². The Morgan fingerprint density at radius 1 is 1.40 bits per heavy atom. The third kappa shape index (κ3) is 3.01. The highest BCUT2D eigenvalue weighted by Crippen LogP contribution is 2.15. The Bertz CT molecular complexity index is 439. The van der Waals surface area contributed by atoms with Crippen LogP contribution in [-0.2, 0) is 14.8 Å². The number of epoxide rings is 1. The molecule has 1 aromatic rings. The Hall–Kier alpha value is -0.430. The summed E-state index contributed by atoms with van der Waals surface area (Å²) in [7, 11) is -3.38. The summed E-state index contributed by atoms with van der Waals surface area (Å²) < 4.78 is 31.7. The molecule has 0 unspecified atom stereocenters. The molecular weight excluding hydrogens is 282 g/mol. The van der Waals surface area contributed by atoms with E-state index in [1.165, 1.54) is 0 Å². The molecule has 2 rings (SSSR count). The monoisotopic (exact) mass is 291 g/mol. The normalized spacial score (nSPS) is 20.2. The molecule has 82 valence electrons. The van der Waals surface area contributed by atoms with E-state index in [1.807, 2.05) is 0 Å². The van der Waals surface area contributed by atoms with Gasteiger partial charge < -0.3 is 4.74 Å². The fourth-order valence-corrected chi connectivity index (χ4v) is 2.42. The molecule has 6 heteroatoms. The highest BCUT2D eigenvalue weighted by molar-refractivity contribution is 9.10. The molecule has 1 saturated heterocycles. The summed E-state index contributed by atoms with van der Waals surface area (Å²) in [4.78, 5) is 0.270. The van der Waals surface area contributed by atoms with Crippen molar-refractivity contribution in [3.05, 3.63) is 28.7 Å². The van der Waals surface area contributed by atoms with Gasteiger partial charge >= 0.3 is 0 Å². The summed E-state index contributed by atoms with van der Waals surface area (Å²) in [5.41, 5.74) is 0. The third-order valence-electron chi connectivity index (χ3n) is 2.03. The lowest BCUT2D eigenvalue weighted by molar-refractivity contribution is 0.406. The molecule has 1 aliphatic rings. The van der Waals surface area contributed by atoms with Crippen LogP contribution in [0.2, 0.25) is 0 Å². The lowest BCUT2D eigenvalue weighted by Crippen LogP contribution is -2.27. The maximum Gasteiger partial charge on any atom is 0.240 e. The maximum atomic E-state index is 11.7. The lowest BCUT2D eigenvalue weighted by atomic mass is 10.4. The fourth-order valence-electron chi connectivity index (χ4n) is 1.09. The van der Waals surface area contributed by atoms with Gasteiger partial charge in [0.2, 0.25) is 10.0 Å². The first kappa shape index (κ1) is 11.1. The average molecular weight is 292 g/mol. The van der Waals surface area contributed by atoms with Crippen LogP contribution < -0.4 is 4.72 Å². The van der Waals surface area contributed by atoms with Crippen molar-refractivity contribution in [3.8, 4) is 0 Å². The van der Waals surface area contributed by atoms with Gasteiger partial charge in [0.25, 0.3) is 0 Å². The van der Waals surface area contributed by atoms with Gasteiger partial charge in [-0.05, 0) is 24.3 Å². The predicted molar refractivity (Wildman–Crippen MR) is 59.1 cm³/mol. The largest absolute Gasteiger partial charge is 0.372 e.